The lowest BCUT2D eigenvalue weighted by atomic mass is 10.2. The lowest BCUT2D eigenvalue weighted by Gasteiger charge is -1.90. The highest BCUT2D eigenvalue weighted by Crippen LogP contribution is 2.25. The maximum absolute atomic E-state index is 3.46. The first-order valence-corrected chi connectivity index (χ1v) is 6.05. The second-order valence-electron chi connectivity index (χ2n) is 4.53. The van der Waals surface area contributed by atoms with Crippen LogP contribution in [0.4, 0.5) is 0 Å². The van der Waals surface area contributed by atoms with Gasteiger partial charge >= 0.3 is 0 Å². The molecule has 18 heavy (non-hydrogen) atoms. The second-order valence-corrected chi connectivity index (χ2v) is 4.53. The van der Waals surface area contributed by atoms with Crippen molar-refractivity contribution in [1.82, 2.24) is 9.38 Å². The first-order valence-electron chi connectivity index (χ1n) is 6.05. The van der Waals surface area contributed by atoms with Gasteiger partial charge in [0, 0.05) is 40.1 Å². The molecule has 0 unspecified atom stereocenters. The van der Waals surface area contributed by atoms with E-state index in [1.807, 2.05) is 6.07 Å². The maximum Gasteiger partial charge on any atom is 0.0480 e. The third-order valence-corrected chi connectivity index (χ3v) is 3.35. The van der Waals surface area contributed by atoms with Crippen molar-refractivity contribution in [3.05, 3.63) is 67.0 Å². The highest BCUT2D eigenvalue weighted by atomic mass is 14.9. The summed E-state index contributed by atoms with van der Waals surface area (Å²) in [7, 11) is 0. The van der Waals surface area contributed by atoms with E-state index in [4.69, 9.17) is 0 Å². The summed E-state index contributed by atoms with van der Waals surface area (Å²) in [6.07, 6.45) is 4.22. The van der Waals surface area contributed by atoms with Crippen molar-refractivity contribution in [3.63, 3.8) is 0 Å². The second kappa shape index (κ2) is 3.50. The van der Waals surface area contributed by atoms with E-state index in [9.17, 15) is 0 Å². The fourth-order valence-corrected chi connectivity index (χ4v) is 2.43. The minimum Gasteiger partial charge on any atom is -0.354 e. The Balaban J connectivity index is 1.95. The van der Waals surface area contributed by atoms with Crippen LogP contribution in [0.15, 0.2) is 67.0 Å². The standard InChI is InChI=1S/C16H12N2/c1-2-7-15-12(5-1)10-16(17-15)13-9-14-6-3-4-8-18(14)11-13/h1-11,17H. The van der Waals surface area contributed by atoms with Gasteiger partial charge in [0.15, 0.2) is 0 Å². The molecule has 0 radical (unpaired) electrons. The fourth-order valence-electron chi connectivity index (χ4n) is 2.43. The number of H-pyrrole nitrogens is 1. The molecule has 86 valence electrons. The number of nitrogens with zero attached hydrogens (tertiary/aromatic N) is 1. The van der Waals surface area contributed by atoms with Crippen LogP contribution >= 0.6 is 0 Å². The van der Waals surface area contributed by atoms with Gasteiger partial charge in [-0.3, -0.25) is 0 Å². The van der Waals surface area contributed by atoms with E-state index in [0.29, 0.717) is 0 Å². The zero-order chi connectivity index (χ0) is 11.9. The largest absolute Gasteiger partial charge is 0.354 e. The number of hydrogen-bond donors (Lipinski definition) is 1. The number of pyridine rings is 1. The molecular formula is C16H12N2. The summed E-state index contributed by atoms with van der Waals surface area (Å²) in [5, 5.41) is 1.25. The van der Waals surface area contributed by atoms with Gasteiger partial charge in [-0.2, -0.15) is 0 Å². The van der Waals surface area contributed by atoms with Gasteiger partial charge in [0.25, 0.3) is 0 Å². The van der Waals surface area contributed by atoms with Gasteiger partial charge in [-0.25, -0.2) is 0 Å². The SMILES string of the molecule is c1ccc2[nH]c(-c3cc4ccccn4c3)cc2c1. The van der Waals surface area contributed by atoms with Gasteiger partial charge in [-0.05, 0) is 30.3 Å². The zero-order valence-corrected chi connectivity index (χ0v) is 9.80. The minimum atomic E-state index is 1.17. The normalized spacial score (nSPS) is 11.3. The summed E-state index contributed by atoms with van der Waals surface area (Å²) in [5.74, 6) is 0. The van der Waals surface area contributed by atoms with Gasteiger partial charge in [-0.1, -0.05) is 24.3 Å². The molecule has 0 fully saturated rings. The van der Waals surface area contributed by atoms with E-state index < -0.39 is 0 Å². The van der Waals surface area contributed by atoms with E-state index in [1.165, 1.54) is 27.7 Å². The van der Waals surface area contributed by atoms with Crippen LogP contribution in [0.5, 0.6) is 0 Å². The van der Waals surface area contributed by atoms with Crippen LogP contribution < -0.4 is 0 Å². The number of aromatic amines is 1. The van der Waals surface area contributed by atoms with Crippen LogP contribution in [0.3, 0.4) is 0 Å². The molecule has 1 aromatic carbocycles. The average Bonchev–Trinajstić information content (AvgIpc) is 3.02. The van der Waals surface area contributed by atoms with Crippen molar-refractivity contribution in [1.29, 1.82) is 0 Å². The number of aromatic nitrogens is 2. The van der Waals surface area contributed by atoms with E-state index in [-0.39, 0.29) is 0 Å². The Bertz CT molecular complexity index is 698. The van der Waals surface area contributed by atoms with Crippen LogP contribution in [0.2, 0.25) is 0 Å². The Hall–Kier alpha value is -2.48. The summed E-state index contributed by atoms with van der Waals surface area (Å²) < 4.78 is 2.14. The highest BCUT2D eigenvalue weighted by Gasteiger charge is 2.05. The molecule has 2 nitrogen and oxygen atoms in total. The van der Waals surface area contributed by atoms with E-state index in [2.05, 4.69) is 70.3 Å². The minimum absolute atomic E-state index is 1.17. The Morgan fingerprint density at radius 1 is 0.889 bits per heavy atom. The Kier molecular flexibility index (Phi) is 1.86. The monoisotopic (exact) mass is 232 g/mol. The van der Waals surface area contributed by atoms with E-state index in [1.54, 1.807) is 0 Å². The van der Waals surface area contributed by atoms with Crippen molar-refractivity contribution in [2.24, 2.45) is 0 Å². The summed E-state index contributed by atoms with van der Waals surface area (Å²) in [6, 6.07) is 19.0. The van der Waals surface area contributed by atoms with Crippen LogP contribution in [0.25, 0.3) is 27.7 Å². The van der Waals surface area contributed by atoms with Crippen LogP contribution in [0.1, 0.15) is 0 Å². The molecule has 0 spiro atoms. The Morgan fingerprint density at radius 3 is 2.67 bits per heavy atom. The summed E-state index contributed by atoms with van der Waals surface area (Å²) in [6.45, 7) is 0. The number of para-hydroxylation sites is 1. The Labute approximate surface area is 104 Å². The van der Waals surface area contributed by atoms with E-state index >= 15 is 0 Å². The number of nitrogens with one attached hydrogen (secondary N) is 1. The fraction of sp³-hybridized carbons (Fsp3) is 0. The molecule has 0 aliphatic heterocycles. The third-order valence-electron chi connectivity index (χ3n) is 3.35. The Morgan fingerprint density at radius 2 is 1.78 bits per heavy atom. The number of fused-ring (bicyclic) bond motifs is 2. The highest BCUT2D eigenvalue weighted by molar-refractivity contribution is 5.86. The topological polar surface area (TPSA) is 20.2 Å². The number of benzene rings is 1. The molecule has 0 aliphatic carbocycles. The summed E-state index contributed by atoms with van der Waals surface area (Å²) in [4.78, 5) is 3.46. The summed E-state index contributed by atoms with van der Waals surface area (Å²) in [5.41, 5.74) is 4.78. The zero-order valence-electron chi connectivity index (χ0n) is 9.80. The predicted molar refractivity (Wildman–Crippen MR) is 74.7 cm³/mol. The maximum atomic E-state index is 3.46. The van der Waals surface area contributed by atoms with Crippen LogP contribution in [-0.4, -0.2) is 9.38 Å². The molecule has 0 amide bonds. The molecule has 4 rings (SSSR count). The molecule has 1 N–H and O–H groups in total. The average molecular weight is 232 g/mol. The van der Waals surface area contributed by atoms with Gasteiger partial charge in [0.1, 0.15) is 0 Å². The van der Waals surface area contributed by atoms with Crippen molar-refractivity contribution >= 4 is 16.4 Å². The molecule has 3 heterocycles. The number of rotatable bonds is 1. The van der Waals surface area contributed by atoms with Gasteiger partial charge in [0.2, 0.25) is 0 Å². The first kappa shape index (κ1) is 9.54. The van der Waals surface area contributed by atoms with Crippen LogP contribution in [0, 0.1) is 0 Å². The lowest BCUT2D eigenvalue weighted by Crippen LogP contribution is -1.76. The van der Waals surface area contributed by atoms with Gasteiger partial charge in [-0.15, -0.1) is 0 Å². The van der Waals surface area contributed by atoms with Crippen molar-refractivity contribution in [2.75, 3.05) is 0 Å². The molecular weight excluding hydrogens is 220 g/mol. The van der Waals surface area contributed by atoms with Crippen LogP contribution in [-0.2, 0) is 0 Å². The molecule has 0 saturated carbocycles. The summed E-state index contributed by atoms with van der Waals surface area (Å²) >= 11 is 0. The molecule has 0 aliphatic rings. The van der Waals surface area contributed by atoms with Gasteiger partial charge < -0.3 is 9.38 Å². The van der Waals surface area contributed by atoms with Crippen molar-refractivity contribution in [3.8, 4) is 11.3 Å². The molecule has 0 saturated heterocycles. The molecule has 3 aromatic heterocycles. The van der Waals surface area contributed by atoms with Crippen molar-refractivity contribution in [2.45, 2.75) is 0 Å². The molecule has 2 heteroatoms. The molecule has 4 aromatic rings. The first-order chi connectivity index (χ1) is 8.90. The van der Waals surface area contributed by atoms with Gasteiger partial charge in [0.05, 0.1) is 0 Å². The molecule has 0 bridgehead atoms. The van der Waals surface area contributed by atoms with E-state index in [0.717, 1.165) is 0 Å². The predicted octanol–water partition coefficient (Wildman–Crippen LogP) is 4.09. The molecule has 0 atom stereocenters. The quantitative estimate of drug-likeness (QED) is 0.510. The lowest BCUT2D eigenvalue weighted by molar-refractivity contribution is 1.20. The third kappa shape index (κ3) is 1.36. The smallest absolute Gasteiger partial charge is 0.0480 e. The number of hydrogen-bond acceptors (Lipinski definition) is 0. The van der Waals surface area contributed by atoms with Crippen molar-refractivity contribution < 1.29 is 0 Å².